The molecule has 3 N–H and O–H groups in total. The zero-order chi connectivity index (χ0) is 19.0. The van der Waals surface area contributed by atoms with Gasteiger partial charge in [-0.05, 0) is 41.5 Å². The van der Waals surface area contributed by atoms with Crippen molar-refractivity contribution in [2.75, 3.05) is 12.7 Å². The van der Waals surface area contributed by atoms with Crippen LogP contribution in [0.5, 0.6) is 0 Å². The van der Waals surface area contributed by atoms with Gasteiger partial charge in [-0.25, -0.2) is 0 Å². The second-order valence-corrected chi connectivity index (χ2v) is 11.0. The maximum absolute atomic E-state index is 9.75. The van der Waals surface area contributed by atoms with Crippen LogP contribution in [-0.2, 0) is 0 Å². The van der Waals surface area contributed by atoms with Gasteiger partial charge >= 0.3 is 14.5 Å². The summed E-state index contributed by atoms with van der Waals surface area (Å²) in [5.74, 6) is 0. The van der Waals surface area contributed by atoms with Crippen molar-refractivity contribution in [2.45, 2.75) is 51.9 Å². The molecule has 0 saturated carbocycles. The number of hydrogen-bond acceptors (Lipinski definition) is 0. The smallest absolute Gasteiger partial charge is 0.418 e. The predicted octanol–water partition coefficient (Wildman–Crippen LogP) is 4.64. The van der Waals surface area contributed by atoms with Crippen LogP contribution in [0.15, 0.2) is 0 Å². The van der Waals surface area contributed by atoms with Crippen molar-refractivity contribution < 1.29 is 40.3 Å². The van der Waals surface area contributed by atoms with E-state index in [2.05, 4.69) is 47.3 Å². The minimum absolute atomic E-state index is 0.289. The van der Waals surface area contributed by atoms with Gasteiger partial charge in [-0.15, -0.1) is 0 Å². The number of hydrogen-bond donors (Lipinski definition) is 1. The zero-order valence-electron chi connectivity index (χ0n) is 13.8. The van der Waals surface area contributed by atoms with Gasteiger partial charge in [0.05, 0.1) is 10.3 Å². The Morgan fingerprint density at radius 2 is 0.864 bits per heavy atom. The maximum atomic E-state index is 9.75. The van der Waals surface area contributed by atoms with Crippen LogP contribution >= 0.6 is 7.92 Å². The molecule has 0 atom stereocenters. The summed E-state index contributed by atoms with van der Waals surface area (Å²) in [6.07, 6.45) is 1.34. The molecule has 1 nitrogen and oxygen atoms in total. The molecule has 0 aromatic carbocycles. The van der Waals surface area contributed by atoms with Crippen LogP contribution in [0, 0.1) is 0 Å². The molecule has 0 aliphatic carbocycles. The minimum Gasteiger partial charge on any atom is -0.418 e. The van der Waals surface area contributed by atoms with E-state index in [9.17, 15) is 34.5 Å². The molecule has 0 aliphatic heterocycles. The predicted molar refractivity (Wildman–Crippen MR) is 80.8 cm³/mol. The van der Waals surface area contributed by atoms with Gasteiger partial charge in [0, 0.05) is 7.92 Å². The molecule has 0 rings (SSSR count). The number of halogens is 8. The van der Waals surface area contributed by atoms with E-state index in [-0.39, 0.29) is 7.92 Å². The fourth-order valence-corrected chi connectivity index (χ4v) is 6.16. The van der Waals surface area contributed by atoms with Crippen molar-refractivity contribution in [1.82, 2.24) is 0 Å². The Kier molecular flexibility index (Phi) is 12.1. The van der Waals surface area contributed by atoms with Crippen LogP contribution in [0.2, 0.25) is 0 Å². The molecule has 0 fully saturated rings. The zero-order valence-corrected chi connectivity index (χ0v) is 14.8. The third kappa shape index (κ3) is 32.1. The summed E-state index contributed by atoms with van der Waals surface area (Å²) >= 11 is 0. The van der Waals surface area contributed by atoms with Crippen molar-refractivity contribution in [2.24, 2.45) is 0 Å². The molecule has 0 spiro atoms. The van der Waals surface area contributed by atoms with Crippen LogP contribution in [0.1, 0.15) is 41.5 Å². The molecule has 22 heavy (non-hydrogen) atoms. The largest absolute Gasteiger partial charge is 0.673 e. The summed E-state index contributed by atoms with van der Waals surface area (Å²) in [7, 11) is -12.3. The normalized spacial score (nSPS) is 13.1. The Labute approximate surface area is 128 Å². The molecule has 0 aliphatic rings. The van der Waals surface area contributed by atoms with E-state index < -0.39 is 14.5 Å². The van der Waals surface area contributed by atoms with Gasteiger partial charge in [-0.1, -0.05) is 0 Å². The van der Waals surface area contributed by atoms with Crippen molar-refractivity contribution >= 4 is 22.4 Å². The minimum atomic E-state index is -6.00. The Hall–Kier alpha value is -0.0401. The maximum Gasteiger partial charge on any atom is 0.673 e. The molecule has 0 unspecified atom stereocenters. The highest BCUT2D eigenvalue weighted by Crippen LogP contribution is 2.58. The first-order valence-electron chi connectivity index (χ1n) is 6.60. The lowest BCUT2D eigenvalue weighted by Gasteiger charge is -2.33. The molecule has 0 aromatic heterocycles. The summed E-state index contributed by atoms with van der Waals surface area (Å²) in [5, 5.41) is 1.03. The first-order valence-corrected chi connectivity index (χ1v) is 8.31. The Morgan fingerprint density at radius 3 is 0.909 bits per heavy atom. The lowest BCUT2D eigenvalue weighted by molar-refractivity contribution is -0.360. The van der Waals surface area contributed by atoms with Crippen molar-refractivity contribution in [3.63, 3.8) is 0 Å². The Morgan fingerprint density at radius 1 is 0.682 bits per heavy atom. The molecule has 0 aromatic rings. The van der Waals surface area contributed by atoms with Crippen LogP contribution in [0.4, 0.5) is 34.5 Å². The van der Waals surface area contributed by atoms with Gasteiger partial charge < -0.3 is 40.3 Å². The molecule has 0 amide bonds. The van der Waals surface area contributed by atoms with Gasteiger partial charge in [0.25, 0.3) is 0 Å². The first kappa shape index (κ1) is 26.8. The molecule has 0 radical (unpaired) electrons. The second kappa shape index (κ2) is 9.96. The summed E-state index contributed by atoms with van der Waals surface area (Å²) in [6, 6.07) is 0. The summed E-state index contributed by atoms with van der Waals surface area (Å²) in [5.41, 5.74) is 3.98. The summed E-state index contributed by atoms with van der Waals surface area (Å²) in [6.45, 7) is 15.4. The average molecular weight is 365 g/mol. The Bertz CT molecular complexity index is 245. The third-order valence-electron chi connectivity index (χ3n) is 2.24. The van der Waals surface area contributed by atoms with E-state index in [1.807, 2.05) is 0 Å². The van der Waals surface area contributed by atoms with Gasteiger partial charge in [-0.3, -0.25) is 0 Å². The highest BCUT2D eigenvalue weighted by atomic mass is 31.1. The van der Waals surface area contributed by atoms with Crippen LogP contribution in [0.3, 0.4) is 0 Å². The monoisotopic (exact) mass is 365 g/mol. The topological polar surface area (TPSA) is 27.6 Å². The van der Waals surface area contributed by atoms with Gasteiger partial charge in [0.2, 0.25) is 0 Å². The van der Waals surface area contributed by atoms with Crippen LogP contribution in [-0.4, -0.2) is 37.5 Å². The lowest BCUT2D eigenvalue weighted by Crippen LogP contribution is -2.52. The van der Waals surface area contributed by atoms with Gasteiger partial charge in [0.1, 0.15) is 12.7 Å². The van der Waals surface area contributed by atoms with Crippen molar-refractivity contribution in [3.8, 4) is 0 Å². The second-order valence-electron chi connectivity index (χ2n) is 6.57. The molecular formula is C10H26B2F8NP. The summed E-state index contributed by atoms with van der Waals surface area (Å²) < 4.78 is 78.0. The molecular weight excluding hydrogens is 339 g/mol. The van der Waals surface area contributed by atoms with E-state index in [0.717, 1.165) is 6.54 Å². The highest BCUT2D eigenvalue weighted by molar-refractivity contribution is 7.60. The molecule has 12 heteroatoms. The SMILES string of the molecule is CC(C)(C)[PH+](CC[NH3+])C(C)(C)C.F[B-](F)(F)F.F[B-](F)(F)F. The molecule has 0 heterocycles. The fraction of sp³-hybridized carbons (Fsp3) is 1.00. The first-order chi connectivity index (χ1) is 9.19. The summed E-state index contributed by atoms with van der Waals surface area (Å²) in [4.78, 5) is 0. The highest BCUT2D eigenvalue weighted by Gasteiger charge is 2.41. The van der Waals surface area contributed by atoms with E-state index in [1.54, 1.807) is 0 Å². The van der Waals surface area contributed by atoms with Gasteiger partial charge in [0.15, 0.2) is 0 Å². The van der Waals surface area contributed by atoms with Crippen molar-refractivity contribution in [3.05, 3.63) is 0 Å². The van der Waals surface area contributed by atoms with Crippen LogP contribution in [0.25, 0.3) is 0 Å². The molecule has 0 saturated heterocycles. The van der Waals surface area contributed by atoms with E-state index in [4.69, 9.17) is 0 Å². The molecule has 0 bridgehead atoms. The number of rotatable bonds is 2. The Balaban J connectivity index is -0.000000298. The quantitative estimate of drug-likeness (QED) is 0.420. The van der Waals surface area contributed by atoms with Crippen molar-refractivity contribution in [1.29, 1.82) is 0 Å². The lowest BCUT2D eigenvalue weighted by atomic mass is 10.2. The van der Waals surface area contributed by atoms with E-state index >= 15 is 0 Å². The van der Waals surface area contributed by atoms with Gasteiger partial charge in [-0.2, -0.15) is 0 Å². The van der Waals surface area contributed by atoms with Crippen LogP contribution < -0.4 is 5.73 Å². The van der Waals surface area contributed by atoms with E-state index in [1.165, 1.54) is 6.16 Å². The fourth-order valence-electron chi connectivity index (χ4n) is 2.05. The van der Waals surface area contributed by atoms with E-state index in [0.29, 0.717) is 10.3 Å². The molecule has 138 valence electrons. The average Bonchev–Trinajstić information content (AvgIpc) is 2.04. The third-order valence-corrected chi connectivity index (χ3v) is 6.71. The standard InChI is InChI=1S/C10H24NP.2BF4/c1-9(2,3)12(8-7-11)10(4,5)6;2*2-1(3,4)5/h7-8,11H2,1-6H3;;/q;2*-1/p+2. The number of quaternary nitrogens is 1.